The third-order valence-corrected chi connectivity index (χ3v) is 10.1. The monoisotopic (exact) mass is 644 g/mol. The first kappa shape index (κ1) is 27.4. The second-order valence-electron chi connectivity index (χ2n) is 13.0. The van der Waals surface area contributed by atoms with Crippen molar-refractivity contribution >= 4 is 88.7 Å². The molecule has 0 N–H and O–H groups in total. The van der Waals surface area contributed by atoms with Crippen LogP contribution >= 0.6 is 0 Å². The number of oxazole rings is 1. The Hall–Kier alpha value is -6.59. The Morgan fingerprint density at radius 3 is 2.26 bits per heavy atom. The number of furan rings is 2. The molecule has 0 saturated carbocycles. The fraction of sp³-hybridized carbons (Fsp3) is 0.0444. The second kappa shape index (κ2) is 10.5. The van der Waals surface area contributed by atoms with Gasteiger partial charge >= 0.3 is 0 Å². The number of aryl methyl sites for hydroxylation is 1. The Balaban J connectivity index is 1.19. The van der Waals surface area contributed by atoms with Gasteiger partial charge in [-0.3, -0.25) is 0 Å². The Kier molecular flexibility index (Phi) is 5.72. The van der Waals surface area contributed by atoms with E-state index >= 15 is 0 Å². The lowest BCUT2D eigenvalue weighted by Gasteiger charge is -2.26. The number of fused-ring (bicyclic) bond motifs is 11. The smallest absolute Gasteiger partial charge is 0.227 e. The predicted octanol–water partition coefficient (Wildman–Crippen LogP) is 12.9. The number of hydrogen-bond donors (Lipinski definition) is 0. The summed E-state index contributed by atoms with van der Waals surface area (Å²) < 4.78 is 19.5. The van der Waals surface area contributed by atoms with Crippen LogP contribution in [0.4, 0.5) is 17.1 Å². The number of allylic oxidation sites excluding steroid dienone is 1. The molecule has 5 heteroatoms. The van der Waals surface area contributed by atoms with Crippen molar-refractivity contribution in [2.45, 2.75) is 12.8 Å². The van der Waals surface area contributed by atoms with Gasteiger partial charge in [0.2, 0.25) is 5.89 Å². The molecule has 0 atom stereocenters. The molecule has 3 heterocycles. The third kappa shape index (κ3) is 4.04. The summed E-state index contributed by atoms with van der Waals surface area (Å²) in [6.07, 6.45) is 6.26. The van der Waals surface area contributed by atoms with Crippen molar-refractivity contribution in [1.82, 2.24) is 4.98 Å². The molecule has 11 rings (SSSR count). The van der Waals surface area contributed by atoms with Crippen LogP contribution in [0.3, 0.4) is 0 Å². The fourth-order valence-corrected chi connectivity index (χ4v) is 7.79. The molecule has 50 heavy (non-hydrogen) atoms. The van der Waals surface area contributed by atoms with Crippen molar-refractivity contribution in [3.8, 4) is 11.5 Å². The summed E-state index contributed by atoms with van der Waals surface area (Å²) in [4.78, 5) is 7.22. The number of nitrogens with zero attached hydrogens (tertiary/aromatic N) is 2. The van der Waals surface area contributed by atoms with Gasteiger partial charge in [0.15, 0.2) is 11.2 Å². The van der Waals surface area contributed by atoms with Gasteiger partial charge in [-0.1, -0.05) is 78.9 Å². The zero-order valence-corrected chi connectivity index (χ0v) is 26.9. The highest BCUT2D eigenvalue weighted by Gasteiger charge is 2.23. The molecule has 0 amide bonds. The highest BCUT2D eigenvalue weighted by Crippen LogP contribution is 2.45. The summed E-state index contributed by atoms with van der Waals surface area (Å²) in [6.45, 7) is 0. The highest BCUT2D eigenvalue weighted by atomic mass is 16.3. The summed E-state index contributed by atoms with van der Waals surface area (Å²) in [5.74, 6) is 1.57. The highest BCUT2D eigenvalue weighted by molar-refractivity contribution is 6.19. The molecule has 0 bridgehead atoms. The molecule has 0 radical (unpaired) electrons. The summed E-state index contributed by atoms with van der Waals surface area (Å²) in [6, 6.07) is 46.5. The molecule has 5 nitrogen and oxygen atoms in total. The van der Waals surface area contributed by atoms with E-state index in [0.717, 1.165) is 107 Å². The van der Waals surface area contributed by atoms with Crippen LogP contribution in [0.1, 0.15) is 17.7 Å². The number of para-hydroxylation sites is 2. The molecule has 1 aliphatic rings. The third-order valence-electron chi connectivity index (χ3n) is 10.1. The Labute approximate surface area is 286 Å². The van der Waals surface area contributed by atoms with Gasteiger partial charge in [0.1, 0.15) is 22.4 Å². The number of rotatable bonds is 4. The van der Waals surface area contributed by atoms with Gasteiger partial charge in [0, 0.05) is 44.0 Å². The Bertz CT molecular complexity index is 3000. The molecule has 1 aliphatic carbocycles. The molecule has 7 aromatic carbocycles. The zero-order valence-electron chi connectivity index (χ0n) is 26.9. The maximum atomic E-state index is 6.64. The van der Waals surface area contributed by atoms with E-state index in [4.69, 9.17) is 18.2 Å². The van der Waals surface area contributed by atoms with E-state index in [1.165, 1.54) is 5.56 Å². The van der Waals surface area contributed by atoms with Gasteiger partial charge in [-0.15, -0.1) is 0 Å². The Morgan fingerprint density at radius 2 is 1.32 bits per heavy atom. The average molecular weight is 645 g/mol. The standard InChI is InChI=1S/C45H28N2O3/c1-2-9-29(10-3-1)45-46-37-23-20-28-18-17-27-19-21-30(25-35(27)42(28)44(37)50-45)47(31-22-24-41-36(26-31)33-12-5-6-15-39(33)48-41)38-14-8-13-34-32-11-4-7-16-40(32)49-43(34)38/h1-4,6-11,13-26H,5,12H2. The van der Waals surface area contributed by atoms with E-state index in [0.29, 0.717) is 5.89 Å². The Morgan fingerprint density at radius 1 is 0.560 bits per heavy atom. The zero-order chi connectivity index (χ0) is 32.8. The van der Waals surface area contributed by atoms with Crippen LogP contribution < -0.4 is 4.90 Å². The molecule has 0 fully saturated rings. The minimum absolute atomic E-state index is 0.617. The van der Waals surface area contributed by atoms with Crippen molar-refractivity contribution < 1.29 is 13.3 Å². The van der Waals surface area contributed by atoms with E-state index < -0.39 is 0 Å². The van der Waals surface area contributed by atoms with Gasteiger partial charge in [-0.2, -0.15) is 0 Å². The van der Waals surface area contributed by atoms with E-state index in [9.17, 15) is 0 Å². The van der Waals surface area contributed by atoms with Crippen LogP contribution in [-0.2, 0) is 6.42 Å². The van der Waals surface area contributed by atoms with Gasteiger partial charge in [-0.25, -0.2) is 4.98 Å². The van der Waals surface area contributed by atoms with Crippen molar-refractivity contribution in [3.05, 3.63) is 151 Å². The average Bonchev–Trinajstić information content (AvgIpc) is 3.89. The number of benzene rings is 7. The largest absolute Gasteiger partial charge is 0.456 e. The number of aromatic nitrogens is 1. The first-order valence-electron chi connectivity index (χ1n) is 17.0. The molecule has 236 valence electrons. The van der Waals surface area contributed by atoms with Crippen LogP contribution in [0.15, 0.2) is 153 Å². The lowest BCUT2D eigenvalue weighted by Crippen LogP contribution is -2.10. The summed E-state index contributed by atoms with van der Waals surface area (Å²) >= 11 is 0. The molecular formula is C45H28N2O3. The van der Waals surface area contributed by atoms with Gasteiger partial charge < -0.3 is 18.2 Å². The van der Waals surface area contributed by atoms with Gasteiger partial charge in [-0.05, 0) is 95.7 Å². The SMILES string of the molecule is C1=Cc2oc3ccc(N(c4ccc5ccc6ccc7nc(-c8ccccc8)oc7c6c5c4)c4cccc5c4oc4ccccc45)cc3c2CC1. The normalized spacial score (nSPS) is 13.0. The molecule has 0 saturated heterocycles. The van der Waals surface area contributed by atoms with Crippen molar-refractivity contribution in [2.24, 2.45) is 0 Å². The maximum Gasteiger partial charge on any atom is 0.227 e. The van der Waals surface area contributed by atoms with Gasteiger partial charge in [0.05, 0.1) is 5.69 Å². The first-order valence-corrected chi connectivity index (χ1v) is 17.0. The minimum Gasteiger partial charge on any atom is -0.456 e. The topological polar surface area (TPSA) is 55.6 Å². The summed E-state index contributed by atoms with van der Waals surface area (Å²) in [5, 5.41) is 7.69. The predicted molar refractivity (Wildman–Crippen MR) is 204 cm³/mol. The number of hydrogen-bond acceptors (Lipinski definition) is 5. The molecule has 3 aromatic heterocycles. The van der Waals surface area contributed by atoms with Crippen molar-refractivity contribution in [3.63, 3.8) is 0 Å². The van der Waals surface area contributed by atoms with Crippen LogP contribution in [-0.4, -0.2) is 4.98 Å². The van der Waals surface area contributed by atoms with E-state index in [1.54, 1.807) is 0 Å². The van der Waals surface area contributed by atoms with Gasteiger partial charge in [0.25, 0.3) is 0 Å². The van der Waals surface area contributed by atoms with E-state index in [-0.39, 0.29) is 0 Å². The lowest BCUT2D eigenvalue weighted by atomic mass is 9.99. The van der Waals surface area contributed by atoms with E-state index in [2.05, 4.69) is 102 Å². The van der Waals surface area contributed by atoms with Crippen molar-refractivity contribution in [1.29, 1.82) is 0 Å². The fourth-order valence-electron chi connectivity index (χ4n) is 7.79. The lowest BCUT2D eigenvalue weighted by molar-refractivity contribution is 0.595. The first-order chi connectivity index (χ1) is 24.8. The summed E-state index contributed by atoms with van der Waals surface area (Å²) in [5.41, 5.74) is 9.45. The summed E-state index contributed by atoms with van der Waals surface area (Å²) in [7, 11) is 0. The molecule has 0 aliphatic heterocycles. The number of anilines is 3. The minimum atomic E-state index is 0.617. The van der Waals surface area contributed by atoms with Crippen LogP contribution in [0, 0.1) is 0 Å². The molecule has 0 unspecified atom stereocenters. The quantitative estimate of drug-likeness (QED) is 0.178. The van der Waals surface area contributed by atoms with Crippen molar-refractivity contribution in [2.75, 3.05) is 4.90 Å². The molecular weight excluding hydrogens is 617 g/mol. The van der Waals surface area contributed by atoms with Crippen LogP contribution in [0.25, 0.3) is 83.1 Å². The maximum absolute atomic E-state index is 6.64. The molecule has 10 aromatic rings. The van der Waals surface area contributed by atoms with Crippen LogP contribution in [0.5, 0.6) is 0 Å². The second-order valence-corrected chi connectivity index (χ2v) is 13.0. The van der Waals surface area contributed by atoms with E-state index in [1.807, 2.05) is 48.5 Å². The van der Waals surface area contributed by atoms with Crippen LogP contribution in [0.2, 0.25) is 0 Å². The molecule has 0 spiro atoms.